The summed E-state index contributed by atoms with van der Waals surface area (Å²) in [6, 6.07) is 11.5. The summed E-state index contributed by atoms with van der Waals surface area (Å²) in [7, 11) is 3.93. The second kappa shape index (κ2) is 9.49. The second-order valence-electron chi connectivity index (χ2n) is 5.71. The fourth-order valence-electron chi connectivity index (χ4n) is 2.30. The van der Waals surface area contributed by atoms with Gasteiger partial charge in [0, 0.05) is 17.4 Å². The van der Waals surface area contributed by atoms with Crippen molar-refractivity contribution in [1.82, 2.24) is 10.2 Å². The number of rotatable bonds is 9. The van der Waals surface area contributed by atoms with Gasteiger partial charge in [-0.05, 0) is 50.8 Å². The number of nitrogens with one attached hydrogen (secondary N) is 1. The number of benzene rings is 1. The third-order valence-corrected chi connectivity index (χ3v) is 4.09. The standard InChI is InChI=1S/C18H23BrN2O3/c1-21(2)16(17-8-4-11-24-17)13-20-18(22)9-5-10-23-15-7-3-6-14(19)12-15/h3-4,6-8,11-12,16H,5,9-10,13H2,1-2H3,(H,20,22). The predicted octanol–water partition coefficient (Wildman–Crippen LogP) is 3.62. The second-order valence-corrected chi connectivity index (χ2v) is 6.62. The van der Waals surface area contributed by atoms with E-state index in [9.17, 15) is 4.79 Å². The summed E-state index contributed by atoms with van der Waals surface area (Å²) < 4.78 is 12.0. The van der Waals surface area contributed by atoms with Crippen molar-refractivity contribution in [1.29, 1.82) is 0 Å². The van der Waals surface area contributed by atoms with Crippen LogP contribution in [-0.4, -0.2) is 38.1 Å². The Hall–Kier alpha value is -1.79. The Kier molecular flexibility index (Phi) is 7.34. The van der Waals surface area contributed by atoms with Gasteiger partial charge in [0.2, 0.25) is 5.91 Å². The van der Waals surface area contributed by atoms with E-state index in [1.165, 1.54) is 0 Å². The van der Waals surface area contributed by atoms with Crippen LogP contribution in [0.5, 0.6) is 5.75 Å². The molecule has 0 saturated carbocycles. The first-order valence-electron chi connectivity index (χ1n) is 7.91. The molecule has 2 rings (SSSR count). The van der Waals surface area contributed by atoms with Crippen LogP contribution in [0.1, 0.15) is 24.6 Å². The number of furan rings is 1. The van der Waals surface area contributed by atoms with Gasteiger partial charge in [-0.2, -0.15) is 0 Å². The van der Waals surface area contributed by atoms with Crippen LogP contribution in [0, 0.1) is 0 Å². The Balaban J connectivity index is 1.67. The Bertz CT molecular complexity index is 629. The molecule has 130 valence electrons. The number of halogens is 1. The van der Waals surface area contributed by atoms with Crippen LogP contribution < -0.4 is 10.1 Å². The molecule has 0 fully saturated rings. The number of ether oxygens (including phenoxy) is 1. The van der Waals surface area contributed by atoms with Crippen molar-refractivity contribution >= 4 is 21.8 Å². The van der Waals surface area contributed by atoms with Gasteiger partial charge in [0.15, 0.2) is 0 Å². The highest BCUT2D eigenvalue weighted by atomic mass is 79.9. The first-order valence-corrected chi connectivity index (χ1v) is 8.70. The summed E-state index contributed by atoms with van der Waals surface area (Å²) in [6.45, 7) is 1.03. The Labute approximate surface area is 151 Å². The average molecular weight is 395 g/mol. The molecule has 1 heterocycles. The molecule has 0 spiro atoms. The molecule has 0 radical (unpaired) electrons. The zero-order chi connectivity index (χ0) is 17.4. The fraction of sp³-hybridized carbons (Fsp3) is 0.389. The summed E-state index contributed by atoms with van der Waals surface area (Å²) in [4.78, 5) is 14.0. The molecule has 0 aliphatic carbocycles. The Morgan fingerprint density at radius 2 is 2.17 bits per heavy atom. The number of amides is 1. The number of hydrogen-bond acceptors (Lipinski definition) is 4. The van der Waals surface area contributed by atoms with E-state index >= 15 is 0 Å². The van der Waals surface area contributed by atoms with Gasteiger partial charge in [0.1, 0.15) is 11.5 Å². The highest BCUT2D eigenvalue weighted by Gasteiger charge is 2.17. The molecule has 0 bridgehead atoms. The topological polar surface area (TPSA) is 54.7 Å². The molecule has 6 heteroatoms. The molecular weight excluding hydrogens is 372 g/mol. The van der Waals surface area contributed by atoms with E-state index in [-0.39, 0.29) is 11.9 Å². The van der Waals surface area contributed by atoms with Gasteiger partial charge in [-0.1, -0.05) is 22.0 Å². The van der Waals surface area contributed by atoms with E-state index in [1.807, 2.05) is 55.4 Å². The van der Waals surface area contributed by atoms with Crippen LogP contribution in [0.4, 0.5) is 0 Å². The van der Waals surface area contributed by atoms with Crippen LogP contribution in [0.25, 0.3) is 0 Å². The zero-order valence-electron chi connectivity index (χ0n) is 14.0. The average Bonchev–Trinajstić information content (AvgIpc) is 3.06. The van der Waals surface area contributed by atoms with Crippen molar-refractivity contribution < 1.29 is 13.9 Å². The maximum absolute atomic E-state index is 12.0. The largest absolute Gasteiger partial charge is 0.494 e. The number of likely N-dealkylation sites (N-methyl/N-ethyl adjacent to an activating group) is 1. The molecule has 1 atom stereocenters. The number of hydrogen-bond donors (Lipinski definition) is 1. The molecular formula is C18H23BrN2O3. The van der Waals surface area contributed by atoms with Crippen molar-refractivity contribution in [2.45, 2.75) is 18.9 Å². The smallest absolute Gasteiger partial charge is 0.220 e. The molecule has 1 unspecified atom stereocenters. The van der Waals surface area contributed by atoms with Gasteiger partial charge < -0.3 is 14.5 Å². The van der Waals surface area contributed by atoms with E-state index in [2.05, 4.69) is 21.2 Å². The molecule has 1 amide bonds. The minimum absolute atomic E-state index is 0.0197. The molecule has 24 heavy (non-hydrogen) atoms. The SMILES string of the molecule is CN(C)C(CNC(=O)CCCOc1cccc(Br)c1)c1ccco1. The summed E-state index contributed by atoms with van der Waals surface area (Å²) in [5.74, 6) is 1.67. The van der Waals surface area contributed by atoms with Gasteiger partial charge in [-0.25, -0.2) is 0 Å². The predicted molar refractivity (Wildman–Crippen MR) is 97.0 cm³/mol. The van der Waals surface area contributed by atoms with Crippen LogP contribution in [0.15, 0.2) is 51.6 Å². The van der Waals surface area contributed by atoms with E-state index in [1.54, 1.807) is 6.26 Å². The van der Waals surface area contributed by atoms with Crippen LogP contribution >= 0.6 is 15.9 Å². The maximum atomic E-state index is 12.0. The van der Waals surface area contributed by atoms with E-state index in [4.69, 9.17) is 9.15 Å². The lowest BCUT2D eigenvalue weighted by molar-refractivity contribution is -0.121. The molecule has 0 aliphatic rings. The van der Waals surface area contributed by atoms with Crippen molar-refractivity contribution in [3.05, 3.63) is 52.9 Å². The molecule has 0 saturated heterocycles. The number of carbonyl (C=O) groups excluding carboxylic acids is 1. The third kappa shape index (κ3) is 6.02. The Morgan fingerprint density at radius 3 is 2.83 bits per heavy atom. The fourth-order valence-corrected chi connectivity index (χ4v) is 2.68. The van der Waals surface area contributed by atoms with Crippen molar-refractivity contribution in [3.8, 4) is 5.75 Å². The lowest BCUT2D eigenvalue weighted by Gasteiger charge is -2.22. The molecule has 1 N–H and O–H groups in total. The van der Waals surface area contributed by atoms with Crippen molar-refractivity contribution in [2.75, 3.05) is 27.2 Å². The summed E-state index contributed by atoms with van der Waals surface area (Å²) in [6.07, 6.45) is 2.75. The Morgan fingerprint density at radius 1 is 1.33 bits per heavy atom. The first-order chi connectivity index (χ1) is 11.6. The van der Waals surface area contributed by atoms with Gasteiger partial charge in [0.05, 0.1) is 18.9 Å². The maximum Gasteiger partial charge on any atom is 0.220 e. The third-order valence-electron chi connectivity index (χ3n) is 3.60. The monoisotopic (exact) mass is 394 g/mol. The summed E-state index contributed by atoms with van der Waals surface area (Å²) in [5, 5.41) is 2.96. The first kappa shape index (κ1) is 18.5. The van der Waals surface area contributed by atoms with E-state index < -0.39 is 0 Å². The number of nitrogens with zero attached hydrogens (tertiary/aromatic N) is 1. The summed E-state index contributed by atoms with van der Waals surface area (Å²) in [5.41, 5.74) is 0. The summed E-state index contributed by atoms with van der Waals surface area (Å²) >= 11 is 3.40. The van der Waals surface area contributed by atoms with Crippen LogP contribution in [-0.2, 0) is 4.79 Å². The highest BCUT2D eigenvalue weighted by molar-refractivity contribution is 9.10. The molecule has 1 aromatic carbocycles. The minimum atomic E-state index is 0.0197. The zero-order valence-corrected chi connectivity index (χ0v) is 15.6. The lowest BCUT2D eigenvalue weighted by atomic mass is 10.2. The van der Waals surface area contributed by atoms with Gasteiger partial charge in [-0.15, -0.1) is 0 Å². The van der Waals surface area contributed by atoms with Crippen molar-refractivity contribution in [2.24, 2.45) is 0 Å². The van der Waals surface area contributed by atoms with E-state index in [0.717, 1.165) is 16.0 Å². The highest BCUT2D eigenvalue weighted by Crippen LogP contribution is 2.18. The van der Waals surface area contributed by atoms with Gasteiger partial charge in [0.25, 0.3) is 0 Å². The van der Waals surface area contributed by atoms with E-state index in [0.29, 0.717) is 26.0 Å². The van der Waals surface area contributed by atoms with Crippen molar-refractivity contribution in [3.63, 3.8) is 0 Å². The van der Waals surface area contributed by atoms with Gasteiger partial charge in [-0.3, -0.25) is 9.69 Å². The normalized spacial score (nSPS) is 12.2. The molecule has 1 aromatic heterocycles. The quantitative estimate of drug-likeness (QED) is 0.659. The molecule has 2 aromatic rings. The number of carbonyl (C=O) groups is 1. The van der Waals surface area contributed by atoms with Gasteiger partial charge >= 0.3 is 0 Å². The van der Waals surface area contributed by atoms with Crippen LogP contribution in [0.3, 0.4) is 0 Å². The molecule has 0 aliphatic heterocycles. The lowest BCUT2D eigenvalue weighted by Crippen LogP contribution is -2.34. The minimum Gasteiger partial charge on any atom is -0.494 e. The van der Waals surface area contributed by atoms with Crippen LogP contribution in [0.2, 0.25) is 0 Å². The molecule has 5 nitrogen and oxygen atoms in total.